The normalized spacial score (nSPS) is 13.6. The van der Waals surface area contributed by atoms with E-state index in [2.05, 4.69) is 6.08 Å². The Morgan fingerprint density at radius 2 is 1.90 bits per heavy atom. The van der Waals surface area contributed by atoms with Gasteiger partial charge < -0.3 is 0 Å². The first-order valence-electron chi connectivity index (χ1n) is 3.23. The highest BCUT2D eigenvalue weighted by molar-refractivity contribution is 7.47. The van der Waals surface area contributed by atoms with E-state index in [0.717, 1.165) is 6.42 Å². The molecule has 0 saturated carbocycles. The molecule has 58 valence electrons. The molecule has 0 aromatic rings. The van der Waals surface area contributed by atoms with Crippen LogP contribution in [0.3, 0.4) is 0 Å². The minimum Gasteiger partial charge on any atom is -0.141 e. The minimum absolute atomic E-state index is 0.929. The van der Waals surface area contributed by atoms with Gasteiger partial charge in [-0.05, 0) is 19.9 Å². The maximum Gasteiger partial charge on any atom is 0.270 e. The summed E-state index contributed by atoms with van der Waals surface area (Å²) in [6.45, 7) is 1.89. The van der Waals surface area contributed by atoms with Crippen molar-refractivity contribution in [2.24, 2.45) is 0 Å². The molecule has 0 nitrogen and oxygen atoms in total. The van der Waals surface area contributed by atoms with E-state index in [4.69, 9.17) is 22.2 Å². The molecule has 0 rings (SSSR count). The van der Waals surface area contributed by atoms with Crippen molar-refractivity contribution in [1.82, 2.24) is 0 Å². The SMILES string of the molecule is C/C=C/C/C=C/[Si](C)(Cl)Cl. The average molecular weight is 195 g/mol. The summed E-state index contributed by atoms with van der Waals surface area (Å²) in [7, 11) is 0. The number of halogens is 2. The van der Waals surface area contributed by atoms with Gasteiger partial charge in [0.25, 0.3) is 6.69 Å². The molecule has 0 spiro atoms. The van der Waals surface area contributed by atoms with Crippen molar-refractivity contribution in [2.45, 2.75) is 19.9 Å². The molecule has 0 atom stereocenters. The zero-order valence-corrected chi connectivity index (χ0v) is 8.78. The van der Waals surface area contributed by atoms with E-state index in [1.807, 2.05) is 31.3 Å². The van der Waals surface area contributed by atoms with Crippen LogP contribution in [0.1, 0.15) is 13.3 Å². The van der Waals surface area contributed by atoms with Crippen molar-refractivity contribution in [3.63, 3.8) is 0 Å². The van der Waals surface area contributed by atoms with Crippen LogP contribution in [-0.4, -0.2) is 6.69 Å². The zero-order chi connectivity index (χ0) is 8.04. The monoisotopic (exact) mass is 194 g/mol. The van der Waals surface area contributed by atoms with E-state index < -0.39 is 6.69 Å². The molecule has 0 radical (unpaired) electrons. The lowest BCUT2D eigenvalue weighted by Crippen LogP contribution is -2.07. The van der Waals surface area contributed by atoms with Crippen LogP contribution in [0.5, 0.6) is 0 Å². The Labute approximate surface area is 72.9 Å². The molecule has 0 bridgehead atoms. The molecular weight excluding hydrogens is 183 g/mol. The van der Waals surface area contributed by atoms with Crippen LogP contribution < -0.4 is 0 Å². The quantitative estimate of drug-likeness (QED) is 0.366. The Bertz CT molecular complexity index is 133. The van der Waals surface area contributed by atoms with Crippen molar-refractivity contribution < 1.29 is 0 Å². The largest absolute Gasteiger partial charge is 0.270 e. The fourth-order valence-electron chi connectivity index (χ4n) is 0.490. The van der Waals surface area contributed by atoms with E-state index in [0.29, 0.717) is 0 Å². The minimum atomic E-state index is -1.98. The summed E-state index contributed by atoms with van der Waals surface area (Å²) in [5.41, 5.74) is 1.91. The van der Waals surface area contributed by atoms with Gasteiger partial charge in [0, 0.05) is 0 Å². The van der Waals surface area contributed by atoms with Gasteiger partial charge in [0.15, 0.2) is 0 Å². The predicted molar refractivity (Wildman–Crippen MR) is 51.9 cm³/mol. The molecule has 0 aromatic carbocycles. The average Bonchev–Trinajstić information content (AvgIpc) is 1.78. The Balaban J connectivity index is 3.56. The van der Waals surface area contributed by atoms with Gasteiger partial charge in [-0.2, -0.15) is 0 Å². The summed E-state index contributed by atoms with van der Waals surface area (Å²) in [5.74, 6) is 0. The summed E-state index contributed by atoms with van der Waals surface area (Å²) in [6.07, 6.45) is 7.00. The number of rotatable bonds is 3. The lowest BCUT2D eigenvalue weighted by atomic mass is 10.4. The van der Waals surface area contributed by atoms with Crippen molar-refractivity contribution in [3.8, 4) is 0 Å². The summed E-state index contributed by atoms with van der Waals surface area (Å²) in [6, 6.07) is 0. The van der Waals surface area contributed by atoms with Crippen LogP contribution in [-0.2, 0) is 0 Å². The van der Waals surface area contributed by atoms with E-state index in [9.17, 15) is 0 Å². The van der Waals surface area contributed by atoms with Gasteiger partial charge >= 0.3 is 0 Å². The standard InChI is InChI=1S/C7H12Cl2Si/c1-3-4-5-6-7-10(2,8)9/h3-4,6-7H,5H2,1-2H3/b4-3+,7-6+. The highest BCUT2D eigenvalue weighted by Crippen LogP contribution is 2.15. The van der Waals surface area contributed by atoms with E-state index in [-0.39, 0.29) is 0 Å². The van der Waals surface area contributed by atoms with Crippen LogP contribution in [0.2, 0.25) is 6.55 Å². The highest BCUT2D eigenvalue weighted by Gasteiger charge is 2.14. The Morgan fingerprint density at radius 1 is 1.30 bits per heavy atom. The molecule has 3 heteroatoms. The molecule has 10 heavy (non-hydrogen) atoms. The van der Waals surface area contributed by atoms with Crippen LogP contribution in [0.4, 0.5) is 0 Å². The Hall–Kier alpha value is 0.277. The molecule has 0 aliphatic carbocycles. The van der Waals surface area contributed by atoms with Crippen LogP contribution in [0.25, 0.3) is 0 Å². The molecule has 0 aliphatic heterocycles. The van der Waals surface area contributed by atoms with E-state index >= 15 is 0 Å². The Morgan fingerprint density at radius 3 is 2.30 bits per heavy atom. The van der Waals surface area contributed by atoms with Gasteiger partial charge in [-0.1, -0.05) is 23.9 Å². The second kappa shape index (κ2) is 5.00. The summed E-state index contributed by atoms with van der Waals surface area (Å²) in [5, 5.41) is 0. The molecule has 0 N–H and O–H groups in total. The molecule has 0 aromatic heterocycles. The first-order valence-corrected chi connectivity index (χ1v) is 7.83. The zero-order valence-electron chi connectivity index (χ0n) is 6.27. The molecule has 0 unspecified atom stereocenters. The molecule has 0 aliphatic rings. The molecule has 0 heterocycles. The second-order valence-electron chi connectivity index (χ2n) is 2.16. The summed E-state index contributed by atoms with van der Waals surface area (Å²) in [4.78, 5) is 0. The molecular formula is C7H12Cl2Si. The Kier molecular flexibility index (Phi) is 5.14. The second-order valence-corrected chi connectivity index (χ2v) is 9.70. The van der Waals surface area contributed by atoms with Crippen molar-refractivity contribution in [1.29, 1.82) is 0 Å². The topological polar surface area (TPSA) is 0 Å². The van der Waals surface area contributed by atoms with E-state index in [1.54, 1.807) is 0 Å². The number of allylic oxidation sites excluding steroid dienone is 3. The fraction of sp³-hybridized carbons (Fsp3) is 0.429. The lowest BCUT2D eigenvalue weighted by Gasteiger charge is -1.99. The van der Waals surface area contributed by atoms with Crippen molar-refractivity contribution in [3.05, 3.63) is 23.9 Å². The third-order valence-electron chi connectivity index (χ3n) is 0.918. The first kappa shape index (κ1) is 10.3. The number of hydrogen-bond acceptors (Lipinski definition) is 0. The lowest BCUT2D eigenvalue weighted by molar-refractivity contribution is 1.38. The fourth-order valence-corrected chi connectivity index (χ4v) is 1.57. The first-order chi connectivity index (χ1) is 4.56. The van der Waals surface area contributed by atoms with Crippen molar-refractivity contribution in [2.75, 3.05) is 0 Å². The van der Waals surface area contributed by atoms with Crippen LogP contribution in [0, 0.1) is 0 Å². The third kappa shape index (κ3) is 8.28. The maximum absolute atomic E-state index is 5.81. The third-order valence-corrected chi connectivity index (χ3v) is 2.50. The van der Waals surface area contributed by atoms with Gasteiger partial charge in [0.2, 0.25) is 0 Å². The van der Waals surface area contributed by atoms with E-state index in [1.165, 1.54) is 0 Å². The van der Waals surface area contributed by atoms with Gasteiger partial charge in [0.05, 0.1) is 0 Å². The predicted octanol–water partition coefficient (Wildman–Crippen LogP) is 3.60. The number of hydrogen-bond donors (Lipinski definition) is 0. The molecule has 0 amide bonds. The van der Waals surface area contributed by atoms with Gasteiger partial charge in [-0.15, -0.1) is 22.2 Å². The van der Waals surface area contributed by atoms with Gasteiger partial charge in [0.1, 0.15) is 0 Å². The van der Waals surface area contributed by atoms with Gasteiger partial charge in [-0.25, -0.2) is 0 Å². The van der Waals surface area contributed by atoms with Crippen LogP contribution in [0.15, 0.2) is 23.9 Å². The highest BCUT2D eigenvalue weighted by atomic mass is 35.7. The van der Waals surface area contributed by atoms with Crippen LogP contribution >= 0.6 is 22.2 Å². The molecule has 0 fully saturated rings. The van der Waals surface area contributed by atoms with Crippen molar-refractivity contribution >= 4 is 28.9 Å². The molecule has 0 saturated heterocycles. The maximum atomic E-state index is 5.81. The smallest absolute Gasteiger partial charge is 0.141 e. The summed E-state index contributed by atoms with van der Waals surface area (Å²) < 4.78 is 0. The van der Waals surface area contributed by atoms with Gasteiger partial charge in [-0.3, -0.25) is 0 Å². The summed E-state index contributed by atoms with van der Waals surface area (Å²) >= 11 is 11.6.